The van der Waals surface area contributed by atoms with E-state index in [2.05, 4.69) is 11.7 Å². The molecule has 0 N–H and O–H groups in total. The van der Waals surface area contributed by atoms with Crippen LogP contribution in [0.4, 0.5) is 17.6 Å². The van der Waals surface area contributed by atoms with E-state index in [1.807, 2.05) is 24.3 Å². The molecule has 0 saturated heterocycles. The molecule has 0 radical (unpaired) electrons. The SMILES string of the molecule is CCCCCCCCCCc1ccc(-c2ccc(C(=O)Oc3ccc(C(=O)OC(CCCC)C(F)(F)F)cc3)c(F)c2)cc1. The Labute approximate surface area is 257 Å². The van der Waals surface area contributed by atoms with Crippen LogP contribution in [0.1, 0.15) is 111 Å². The van der Waals surface area contributed by atoms with E-state index < -0.39 is 30.0 Å². The first-order valence-corrected chi connectivity index (χ1v) is 15.6. The molecule has 0 spiro atoms. The predicted molar refractivity (Wildman–Crippen MR) is 164 cm³/mol. The van der Waals surface area contributed by atoms with Gasteiger partial charge in [-0.2, -0.15) is 13.2 Å². The molecule has 0 aromatic heterocycles. The van der Waals surface area contributed by atoms with Gasteiger partial charge >= 0.3 is 18.1 Å². The zero-order chi connectivity index (χ0) is 32.0. The molecule has 0 amide bonds. The topological polar surface area (TPSA) is 52.6 Å². The van der Waals surface area contributed by atoms with Crippen molar-refractivity contribution in [1.29, 1.82) is 0 Å². The lowest BCUT2D eigenvalue weighted by atomic mass is 9.99. The third-order valence-corrected chi connectivity index (χ3v) is 7.53. The van der Waals surface area contributed by atoms with E-state index in [4.69, 9.17) is 4.74 Å². The van der Waals surface area contributed by atoms with Crippen molar-refractivity contribution in [3.05, 3.63) is 89.2 Å². The average molecular weight is 615 g/mol. The summed E-state index contributed by atoms with van der Waals surface area (Å²) in [4.78, 5) is 24.9. The normalized spacial score (nSPS) is 12.1. The molecule has 0 aliphatic heterocycles. The van der Waals surface area contributed by atoms with E-state index in [1.54, 1.807) is 13.0 Å². The Morgan fingerprint density at radius 2 is 1.30 bits per heavy atom. The van der Waals surface area contributed by atoms with E-state index >= 15 is 0 Å². The number of aryl methyl sites for hydroxylation is 1. The first-order chi connectivity index (χ1) is 21.1. The van der Waals surface area contributed by atoms with Crippen LogP contribution in [0.5, 0.6) is 5.75 Å². The van der Waals surface area contributed by atoms with E-state index in [0.29, 0.717) is 12.0 Å². The maximum atomic E-state index is 14.9. The van der Waals surface area contributed by atoms with Gasteiger partial charge in [0.15, 0.2) is 6.10 Å². The van der Waals surface area contributed by atoms with Crippen molar-refractivity contribution >= 4 is 11.9 Å². The maximum absolute atomic E-state index is 14.9. The summed E-state index contributed by atoms with van der Waals surface area (Å²) in [7, 11) is 0. The zero-order valence-corrected chi connectivity index (χ0v) is 25.6. The van der Waals surface area contributed by atoms with Crippen LogP contribution < -0.4 is 4.74 Å². The zero-order valence-electron chi connectivity index (χ0n) is 25.6. The van der Waals surface area contributed by atoms with Crippen LogP contribution >= 0.6 is 0 Å². The number of benzene rings is 3. The van der Waals surface area contributed by atoms with Crippen LogP contribution in [0.3, 0.4) is 0 Å². The number of carbonyl (C=O) groups excluding carboxylic acids is 2. The van der Waals surface area contributed by atoms with Gasteiger partial charge in [0.1, 0.15) is 11.6 Å². The lowest BCUT2D eigenvalue weighted by Crippen LogP contribution is -2.33. The summed E-state index contributed by atoms with van der Waals surface area (Å²) in [6.07, 6.45) is 4.74. The van der Waals surface area contributed by atoms with Gasteiger partial charge in [0, 0.05) is 0 Å². The second kappa shape index (κ2) is 17.6. The highest BCUT2D eigenvalue weighted by molar-refractivity contribution is 5.92. The largest absolute Gasteiger partial charge is 0.449 e. The summed E-state index contributed by atoms with van der Waals surface area (Å²) in [6.45, 7) is 3.97. The standard InChI is InChI=1S/C36H42F4O4/c1-3-5-7-8-9-10-11-12-13-26-15-17-27(18-16-26)29-21-24-31(32(37)25-29)35(42)43-30-22-19-28(20-23-30)34(41)44-33(14-6-4-2)36(38,39)40/h15-25,33H,3-14H2,1-2H3. The third-order valence-electron chi connectivity index (χ3n) is 7.53. The molecule has 4 nitrogen and oxygen atoms in total. The first kappa shape index (κ1) is 34.8. The number of rotatable bonds is 17. The molecule has 3 rings (SSSR count). The van der Waals surface area contributed by atoms with Gasteiger partial charge in [0.25, 0.3) is 0 Å². The van der Waals surface area contributed by atoms with Crippen molar-refractivity contribution in [3.8, 4) is 16.9 Å². The lowest BCUT2D eigenvalue weighted by molar-refractivity contribution is -0.206. The van der Waals surface area contributed by atoms with Crippen LogP contribution in [0.15, 0.2) is 66.7 Å². The van der Waals surface area contributed by atoms with Gasteiger partial charge in [0.05, 0.1) is 11.1 Å². The van der Waals surface area contributed by atoms with Crippen molar-refractivity contribution < 1.29 is 36.6 Å². The summed E-state index contributed by atoms with van der Waals surface area (Å²) in [6, 6.07) is 17.1. The molecule has 0 bridgehead atoms. The van der Waals surface area contributed by atoms with Crippen molar-refractivity contribution in [2.45, 2.75) is 103 Å². The van der Waals surface area contributed by atoms with Crippen molar-refractivity contribution in [2.24, 2.45) is 0 Å². The van der Waals surface area contributed by atoms with Gasteiger partial charge in [-0.15, -0.1) is 0 Å². The quantitative estimate of drug-likeness (QED) is 0.0657. The fourth-order valence-corrected chi connectivity index (χ4v) is 4.88. The third kappa shape index (κ3) is 11.1. The van der Waals surface area contributed by atoms with Gasteiger partial charge in [0.2, 0.25) is 0 Å². The minimum Gasteiger partial charge on any atom is -0.449 e. The number of unbranched alkanes of at least 4 members (excludes halogenated alkanes) is 8. The molecule has 0 saturated carbocycles. The Morgan fingerprint density at radius 1 is 0.705 bits per heavy atom. The average Bonchev–Trinajstić information content (AvgIpc) is 3.00. The van der Waals surface area contributed by atoms with Crippen LogP contribution in [0.25, 0.3) is 11.1 Å². The smallest absolute Gasteiger partial charge is 0.425 e. The summed E-state index contributed by atoms with van der Waals surface area (Å²) < 4.78 is 64.4. The van der Waals surface area contributed by atoms with E-state index in [0.717, 1.165) is 18.4 Å². The first-order valence-electron chi connectivity index (χ1n) is 15.6. The van der Waals surface area contributed by atoms with E-state index in [-0.39, 0.29) is 29.7 Å². The summed E-state index contributed by atoms with van der Waals surface area (Å²) in [5.74, 6) is -2.83. The van der Waals surface area contributed by atoms with Crippen molar-refractivity contribution in [3.63, 3.8) is 0 Å². The van der Waals surface area contributed by atoms with Crippen molar-refractivity contribution in [2.75, 3.05) is 0 Å². The molecule has 238 valence electrons. The molecule has 0 fully saturated rings. The number of esters is 2. The Morgan fingerprint density at radius 3 is 1.89 bits per heavy atom. The van der Waals surface area contributed by atoms with Crippen LogP contribution in [0, 0.1) is 5.82 Å². The molecular formula is C36H42F4O4. The van der Waals surface area contributed by atoms with Crippen LogP contribution in [-0.4, -0.2) is 24.2 Å². The van der Waals surface area contributed by atoms with Gasteiger partial charge in [-0.05, 0) is 78.8 Å². The van der Waals surface area contributed by atoms with Crippen LogP contribution in [0.2, 0.25) is 0 Å². The van der Waals surface area contributed by atoms with Crippen LogP contribution in [-0.2, 0) is 11.2 Å². The number of carbonyl (C=O) groups is 2. The molecule has 0 heterocycles. The second-order valence-corrected chi connectivity index (χ2v) is 11.1. The molecular weight excluding hydrogens is 572 g/mol. The highest BCUT2D eigenvalue weighted by atomic mass is 19.4. The number of halogens is 4. The number of hydrogen-bond donors (Lipinski definition) is 0. The van der Waals surface area contributed by atoms with E-state index in [1.165, 1.54) is 86.9 Å². The molecule has 3 aromatic rings. The molecule has 3 aromatic carbocycles. The van der Waals surface area contributed by atoms with Gasteiger partial charge in [-0.1, -0.05) is 95.5 Å². The minimum atomic E-state index is -4.67. The molecule has 44 heavy (non-hydrogen) atoms. The number of hydrogen-bond acceptors (Lipinski definition) is 4. The highest BCUT2D eigenvalue weighted by Crippen LogP contribution is 2.28. The molecule has 0 aliphatic rings. The fourth-order valence-electron chi connectivity index (χ4n) is 4.88. The Balaban J connectivity index is 1.52. The Bertz CT molecular complexity index is 1320. The Hall–Kier alpha value is -3.68. The molecule has 8 heteroatoms. The number of alkyl halides is 3. The van der Waals surface area contributed by atoms with Gasteiger partial charge in [-0.3, -0.25) is 0 Å². The molecule has 1 unspecified atom stereocenters. The molecule has 1 atom stereocenters. The molecule has 0 aliphatic carbocycles. The maximum Gasteiger partial charge on any atom is 0.425 e. The monoisotopic (exact) mass is 614 g/mol. The summed E-state index contributed by atoms with van der Waals surface area (Å²) in [5.41, 5.74) is 2.28. The predicted octanol–water partition coefficient (Wildman–Crippen LogP) is 10.7. The summed E-state index contributed by atoms with van der Waals surface area (Å²) in [5, 5.41) is 0. The van der Waals surface area contributed by atoms with Gasteiger partial charge < -0.3 is 9.47 Å². The van der Waals surface area contributed by atoms with Crippen molar-refractivity contribution in [1.82, 2.24) is 0 Å². The van der Waals surface area contributed by atoms with E-state index in [9.17, 15) is 27.2 Å². The minimum absolute atomic E-state index is 0.000428. The second-order valence-electron chi connectivity index (χ2n) is 11.1. The lowest BCUT2D eigenvalue weighted by Gasteiger charge is -2.20. The number of ether oxygens (including phenoxy) is 2. The fraction of sp³-hybridized carbons (Fsp3) is 0.444. The Kier molecular flexibility index (Phi) is 13.9. The van der Waals surface area contributed by atoms with Gasteiger partial charge in [-0.25, -0.2) is 14.0 Å². The highest BCUT2D eigenvalue weighted by Gasteiger charge is 2.42. The summed E-state index contributed by atoms with van der Waals surface area (Å²) >= 11 is 0.